The van der Waals surface area contributed by atoms with Crippen molar-refractivity contribution in [1.29, 1.82) is 0 Å². The summed E-state index contributed by atoms with van der Waals surface area (Å²) in [6, 6.07) is 14.3. The van der Waals surface area contributed by atoms with Crippen LogP contribution in [-0.4, -0.2) is 65.3 Å². The third-order valence-electron chi connectivity index (χ3n) is 4.85. The van der Waals surface area contributed by atoms with E-state index in [2.05, 4.69) is 4.90 Å². The number of carbonyl (C=O) groups excluding carboxylic acids is 1. The number of amides is 1. The van der Waals surface area contributed by atoms with Crippen LogP contribution in [-0.2, 0) is 14.8 Å². The zero-order chi connectivity index (χ0) is 21.0. The van der Waals surface area contributed by atoms with Crippen LogP contribution in [0.15, 0.2) is 48.5 Å². The fourth-order valence-corrected chi connectivity index (χ4v) is 4.29. The Morgan fingerprint density at radius 1 is 1.10 bits per heavy atom. The number of sulfonamides is 1. The summed E-state index contributed by atoms with van der Waals surface area (Å²) in [6.45, 7) is 2.15. The number of nitrogens with zero attached hydrogens (tertiary/aromatic N) is 3. The van der Waals surface area contributed by atoms with Crippen LogP contribution in [0.1, 0.15) is 0 Å². The van der Waals surface area contributed by atoms with E-state index in [0.29, 0.717) is 36.9 Å². The third-order valence-corrected chi connectivity index (χ3v) is 6.22. The average molecular weight is 438 g/mol. The second-order valence-electron chi connectivity index (χ2n) is 6.82. The summed E-state index contributed by atoms with van der Waals surface area (Å²) in [5, 5.41) is 0.414. The quantitative estimate of drug-likeness (QED) is 0.694. The fourth-order valence-electron chi connectivity index (χ4n) is 3.26. The molecule has 2 aromatic rings. The fraction of sp³-hybridized carbons (Fsp3) is 0.350. The predicted octanol–water partition coefficient (Wildman–Crippen LogP) is 2.46. The van der Waals surface area contributed by atoms with Crippen LogP contribution in [0, 0.1) is 0 Å². The van der Waals surface area contributed by atoms with Gasteiger partial charge in [-0.25, -0.2) is 8.42 Å². The van der Waals surface area contributed by atoms with Gasteiger partial charge < -0.3 is 14.5 Å². The molecule has 0 spiro atoms. The van der Waals surface area contributed by atoms with E-state index in [1.807, 2.05) is 24.3 Å². The minimum absolute atomic E-state index is 0.232. The number of carbonyl (C=O) groups is 1. The Hall–Kier alpha value is -2.45. The monoisotopic (exact) mass is 437 g/mol. The Bertz CT molecular complexity index is 958. The Morgan fingerprint density at radius 3 is 2.31 bits per heavy atom. The lowest BCUT2D eigenvalue weighted by Gasteiger charge is -2.37. The maximum Gasteiger partial charge on any atom is 0.243 e. The predicted molar refractivity (Wildman–Crippen MR) is 115 cm³/mol. The topological polar surface area (TPSA) is 70.2 Å². The van der Waals surface area contributed by atoms with E-state index in [-0.39, 0.29) is 12.5 Å². The van der Waals surface area contributed by atoms with Crippen LogP contribution >= 0.6 is 11.6 Å². The molecular formula is C20H24ClN3O4S. The molecule has 0 aliphatic carbocycles. The van der Waals surface area contributed by atoms with E-state index >= 15 is 0 Å². The summed E-state index contributed by atoms with van der Waals surface area (Å²) < 4.78 is 30.8. The molecule has 0 aromatic heterocycles. The van der Waals surface area contributed by atoms with Gasteiger partial charge in [-0.2, -0.15) is 0 Å². The molecule has 0 atom stereocenters. The standard InChI is InChI=1S/C20H24ClN3O4S/c1-28-19-8-6-17(7-9-19)22-10-12-23(13-11-22)20(25)15-24(29(2,26)27)18-5-3-4-16(21)14-18/h3-9,14H,10-13,15H2,1-2H3. The summed E-state index contributed by atoms with van der Waals surface area (Å²) >= 11 is 5.99. The van der Waals surface area contributed by atoms with Crippen LogP contribution < -0.4 is 13.9 Å². The van der Waals surface area contributed by atoms with Crippen molar-refractivity contribution in [3.05, 3.63) is 53.6 Å². The van der Waals surface area contributed by atoms with E-state index < -0.39 is 10.0 Å². The molecule has 1 aliphatic heterocycles. The highest BCUT2D eigenvalue weighted by Crippen LogP contribution is 2.23. The minimum Gasteiger partial charge on any atom is -0.497 e. The van der Waals surface area contributed by atoms with Gasteiger partial charge in [-0.05, 0) is 42.5 Å². The number of hydrogen-bond donors (Lipinski definition) is 0. The molecule has 1 heterocycles. The van der Waals surface area contributed by atoms with Gasteiger partial charge in [-0.15, -0.1) is 0 Å². The molecule has 2 aromatic carbocycles. The summed E-state index contributed by atoms with van der Waals surface area (Å²) in [4.78, 5) is 16.7. The first kappa shape index (κ1) is 21.3. The number of anilines is 2. The van der Waals surface area contributed by atoms with Crippen molar-refractivity contribution >= 4 is 38.9 Å². The molecule has 1 fully saturated rings. The average Bonchev–Trinajstić information content (AvgIpc) is 2.71. The lowest BCUT2D eigenvalue weighted by Crippen LogP contribution is -2.52. The van der Waals surface area contributed by atoms with Crippen molar-refractivity contribution in [2.24, 2.45) is 0 Å². The van der Waals surface area contributed by atoms with Crippen molar-refractivity contribution in [2.75, 3.05) is 55.3 Å². The molecule has 7 nitrogen and oxygen atoms in total. The molecule has 1 amide bonds. The molecule has 0 unspecified atom stereocenters. The number of rotatable bonds is 6. The molecule has 1 aliphatic rings. The summed E-state index contributed by atoms with van der Waals surface area (Å²) in [5.74, 6) is 0.564. The molecule has 3 rings (SSSR count). The van der Waals surface area contributed by atoms with E-state index in [1.54, 1.807) is 30.2 Å². The Balaban J connectivity index is 1.64. The number of hydrogen-bond acceptors (Lipinski definition) is 5. The number of piperazine rings is 1. The first-order chi connectivity index (χ1) is 13.8. The molecule has 0 saturated carbocycles. The molecule has 0 radical (unpaired) electrons. The van der Waals surface area contributed by atoms with Crippen LogP contribution in [0.4, 0.5) is 11.4 Å². The van der Waals surface area contributed by atoms with Crippen molar-refractivity contribution in [3.8, 4) is 5.75 Å². The van der Waals surface area contributed by atoms with Gasteiger partial charge >= 0.3 is 0 Å². The van der Waals surface area contributed by atoms with Crippen LogP contribution in [0.25, 0.3) is 0 Å². The van der Waals surface area contributed by atoms with Gasteiger partial charge in [0.1, 0.15) is 12.3 Å². The third kappa shape index (κ3) is 5.33. The molecular weight excluding hydrogens is 414 g/mol. The van der Waals surface area contributed by atoms with Crippen molar-refractivity contribution in [2.45, 2.75) is 0 Å². The van der Waals surface area contributed by atoms with Crippen LogP contribution in [0.2, 0.25) is 5.02 Å². The second kappa shape index (κ2) is 8.92. The number of benzene rings is 2. The highest BCUT2D eigenvalue weighted by atomic mass is 35.5. The van der Waals surface area contributed by atoms with Gasteiger partial charge in [0.2, 0.25) is 15.9 Å². The SMILES string of the molecule is COc1ccc(N2CCN(C(=O)CN(c3cccc(Cl)c3)S(C)(=O)=O)CC2)cc1. The van der Waals surface area contributed by atoms with Gasteiger partial charge in [-0.1, -0.05) is 17.7 Å². The molecule has 156 valence electrons. The van der Waals surface area contributed by atoms with Crippen molar-refractivity contribution in [1.82, 2.24) is 4.90 Å². The van der Waals surface area contributed by atoms with E-state index in [0.717, 1.165) is 22.0 Å². The van der Waals surface area contributed by atoms with Crippen LogP contribution in [0.3, 0.4) is 0 Å². The van der Waals surface area contributed by atoms with Gasteiger partial charge in [0.25, 0.3) is 0 Å². The summed E-state index contributed by atoms with van der Waals surface area (Å²) in [6.07, 6.45) is 1.09. The van der Waals surface area contributed by atoms with E-state index in [4.69, 9.17) is 16.3 Å². The van der Waals surface area contributed by atoms with Gasteiger partial charge in [0, 0.05) is 36.9 Å². The first-order valence-corrected chi connectivity index (χ1v) is 11.4. The minimum atomic E-state index is -3.62. The molecule has 29 heavy (non-hydrogen) atoms. The second-order valence-corrected chi connectivity index (χ2v) is 9.16. The summed E-state index contributed by atoms with van der Waals surface area (Å²) in [7, 11) is -2.00. The maximum absolute atomic E-state index is 12.8. The Kier molecular flexibility index (Phi) is 6.54. The summed E-state index contributed by atoms with van der Waals surface area (Å²) in [5.41, 5.74) is 1.44. The lowest BCUT2D eigenvalue weighted by atomic mass is 10.2. The lowest BCUT2D eigenvalue weighted by molar-refractivity contribution is -0.129. The van der Waals surface area contributed by atoms with E-state index in [1.165, 1.54) is 6.07 Å². The molecule has 1 saturated heterocycles. The Labute approximate surface area is 176 Å². The zero-order valence-corrected chi connectivity index (χ0v) is 18.0. The molecule has 0 N–H and O–H groups in total. The Morgan fingerprint density at radius 2 is 1.76 bits per heavy atom. The number of methoxy groups -OCH3 is 1. The smallest absolute Gasteiger partial charge is 0.243 e. The largest absolute Gasteiger partial charge is 0.497 e. The first-order valence-electron chi connectivity index (χ1n) is 9.18. The molecule has 0 bridgehead atoms. The van der Waals surface area contributed by atoms with Gasteiger partial charge in [0.05, 0.1) is 19.1 Å². The number of ether oxygens (including phenoxy) is 1. The highest BCUT2D eigenvalue weighted by molar-refractivity contribution is 7.92. The molecule has 9 heteroatoms. The maximum atomic E-state index is 12.8. The zero-order valence-electron chi connectivity index (χ0n) is 16.4. The van der Waals surface area contributed by atoms with Crippen molar-refractivity contribution < 1.29 is 17.9 Å². The van der Waals surface area contributed by atoms with Crippen molar-refractivity contribution in [3.63, 3.8) is 0 Å². The number of halogens is 1. The van der Waals surface area contributed by atoms with E-state index in [9.17, 15) is 13.2 Å². The van der Waals surface area contributed by atoms with Gasteiger partial charge in [-0.3, -0.25) is 9.10 Å². The normalized spacial score (nSPS) is 14.6. The van der Waals surface area contributed by atoms with Gasteiger partial charge in [0.15, 0.2) is 0 Å². The van der Waals surface area contributed by atoms with Crippen LogP contribution in [0.5, 0.6) is 5.75 Å². The highest BCUT2D eigenvalue weighted by Gasteiger charge is 2.26.